The molecule has 0 fully saturated rings. The van der Waals surface area contributed by atoms with Crippen molar-refractivity contribution >= 4 is 5.88 Å². The lowest BCUT2D eigenvalue weighted by molar-refractivity contribution is -0.402. The molecule has 0 radical (unpaired) electrons. The Balaban J connectivity index is 2.19. The summed E-state index contributed by atoms with van der Waals surface area (Å²) in [6.45, 7) is 4.26. The highest BCUT2D eigenvalue weighted by Crippen LogP contribution is 2.28. The summed E-state index contributed by atoms with van der Waals surface area (Å²) < 4.78 is 5.01. The second-order valence-corrected chi connectivity index (χ2v) is 4.81. The highest BCUT2D eigenvalue weighted by Gasteiger charge is 2.19. The minimum absolute atomic E-state index is 0.174. The summed E-state index contributed by atoms with van der Waals surface area (Å²) in [4.78, 5) is 9.93. The average Bonchev–Trinajstić information content (AvgIpc) is 2.96. The molecule has 5 heteroatoms. The highest BCUT2D eigenvalue weighted by molar-refractivity contribution is 5.31. The quantitative estimate of drug-likeness (QED) is 0.665. The van der Waals surface area contributed by atoms with Gasteiger partial charge >= 0.3 is 5.88 Å². The van der Waals surface area contributed by atoms with Gasteiger partial charge in [-0.2, -0.15) is 0 Å². The van der Waals surface area contributed by atoms with E-state index < -0.39 is 11.0 Å². The number of rotatable bonds is 5. The number of nitro groups is 1. The Hall–Kier alpha value is -2.14. The predicted octanol–water partition coefficient (Wildman–Crippen LogP) is 3.78. The van der Waals surface area contributed by atoms with Crippen molar-refractivity contribution in [2.24, 2.45) is 0 Å². The SMILES string of the molecule is CCC(C)c1ccc(C(O)c2ccc([N+](=O)[O-])o2)cc1. The molecule has 1 aromatic heterocycles. The van der Waals surface area contributed by atoms with E-state index in [1.807, 2.05) is 24.3 Å². The summed E-state index contributed by atoms with van der Waals surface area (Å²) >= 11 is 0. The van der Waals surface area contributed by atoms with Crippen molar-refractivity contribution in [1.82, 2.24) is 0 Å². The molecule has 2 rings (SSSR count). The van der Waals surface area contributed by atoms with Crippen LogP contribution in [-0.2, 0) is 0 Å². The average molecular weight is 275 g/mol. The minimum Gasteiger partial charge on any atom is -0.403 e. The standard InChI is InChI=1S/C15H17NO4/c1-3-10(2)11-4-6-12(7-5-11)15(17)13-8-9-14(20-13)16(18)19/h4-10,15,17H,3H2,1-2H3. The first-order chi connectivity index (χ1) is 9.52. The number of hydrogen-bond acceptors (Lipinski definition) is 4. The first-order valence-electron chi connectivity index (χ1n) is 6.55. The van der Waals surface area contributed by atoms with E-state index in [-0.39, 0.29) is 11.6 Å². The van der Waals surface area contributed by atoms with Gasteiger partial charge in [0, 0.05) is 0 Å². The summed E-state index contributed by atoms with van der Waals surface area (Å²) in [6, 6.07) is 10.2. The molecule has 0 bridgehead atoms. The summed E-state index contributed by atoms with van der Waals surface area (Å²) in [5.74, 6) is 0.272. The van der Waals surface area contributed by atoms with Crippen LogP contribution >= 0.6 is 0 Å². The molecule has 106 valence electrons. The Bertz CT molecular complexity index is 588. The predicted molar refractivity (Wildman–Crippen MR) is 74.6 cm³/mol. The van der Waals surface area contributed by atoms with Crippen LogP contribution in [-0.4, -0.2) is 10.0 Å². The Morgan fingerprint density at radius 1 is 1.20 bits per heavy atom. The van der Waals surface area contributed by atoms with E-state index in [2.05, 4.69) is 13.8 Å². The van der Waals surface area contributed by atoms with E-state index in [1.165, 1.54) is 17.7 Å². The lowest BCUT2D eigenvalue weighted by Crippen LogP contribution is -1.99. The van der Waals surface area contributed by atoms with Gasteiger partial charge in [0.15, 0.2) is 0 Å². The molecule has 20 heavy (non-hydrogen) atoms. The zero-order chi connectivity index (χ0) is 14.7. The van der Waals surface area contributed by atoms with Crippen LogP contribution in [0.3, 0.4) is 0 Å². The molecule has 0 aliphatic carbocycles. The van der Waals surface area contributed by atoms with Crippen LogP contribution in [0.4, 0.5) is 5.88 Å². The maximum absolute atomic E-state index is 10.6. The zero-order valence-corrected chi connectivity index (χ0v) is 11.4. The Labute approximate surface area is 117 Å². The lowest BCUT2D eigenvalue weighted by atomic mass is 9.96. The summed E-state index contributed by atoms with van der Waals surface area (Å²) in [6.07, 6.45) is 0.0569. The molecule has 2 unspecified atom stereocenters. The van der Waals surface area contributed by atoms with E-state index in [1.54, 1.807) is 0 Å². The van der Waals surface area contributed by atoms with Crippen LogP contribution in [0.5, 0.6) is 0 Å². The van der Waals surface area contributed by atoms with Crippen LogP contribution in [0.15, 0.2) is 40.8 Å². The van der Waals surface area contributed by atoms with Crippen molar-refractivity contribution in [3.8, 4) is 0 Å². The van der Waals surface area contributed by atoms with Crippen molar-refractivity contribution in [2.75, 3.05) is 0 Å². The second kappa shape index (κ2) is 5.88. The molecule has 0 aliphatic heterocycles. The Morgan fingerprint density at radius 2 is 1.80 bits per heavy atom. The van der Waals surface area contributed by atoms with Crippen LogP contribution in [0.2, 0.25) is 0 Å². The largest absolute Gasteiger partial charge is 0.433 e. The molecule has 0 spiro atoms. The van der Waals surface area contributed by atoms with E-state index >= 15 is 0 Å². The van der Waals surface area contributed by atoms with Crippen LogP contribution in [0, 0.1) is 10.1 Å². The first kappa shape index (κ1) is 14.3. The van der Waals surface area contributed by atoms with Gasteiger partial charge in [-0.1, -0.05) is 38.1 Å². The number of aliphatic hydroxyl groups is 1. The topological polar surface area (TPSA) is 76.5 Å². The monoisotopic (exact) mass is 275 g/mol. The fraction of sp³-hybridized carbons (Fsp3) is 0.333. The van der Waals surface area contributed by atoms with Crippen LogP contribution in [0.25, 0.3) is 0 Å². The van der Waals surface area contributed by atoms with E-state index in [4.69, 9.17) is 4.42 Å². The summed E-state index contributed by atoms with van der Waals surface area (Å²) in [7, 11) is 0. The molecule has 1 N–H and O–H groups in total. The Morgan fingerprint density at radius 3 is 2.30 bits per heavy atom. The number of nitrogens with zero attached hydrogens (tertiary/aromatic N) is 1. The van der Waals surface area contributed by atoms with Crippen LogP contribution in [0.1, 0.15) is 49.2 Å². The lowest BCUT2D eigenvalue weighted by Gasteiger charge is -2.12. The third-order valence-corrected chi connectivity index (χ3v) is 3.50. The van der Waals surface area contributed by atoms with Gasteiger partial charge in [0.2, 0.25) is 0 Å². The highest BCUT2D eigenvalue weighted by atomic mass is 16.6. The van der Waals surface area contributed by atoms with Gasteiger partial charge in [0.25, 0.3) is 0 Å². The normalized spacial score (nSPS) is 13.9. The molecular weight excluding hydrogens is 258 g/mol. The molecular formula is C15H17NO4. The molecule has 2 aromatic rings. The molecule has 0 saturated heterocycles. The fourth-order valence-corrected chi connectivity index (χ4v) is 1.99. The van der Waals surface area contributed by atoms with Crippen molar-refractivity contribution in [3.05, 3.63) is 63.4 Å². The first-order valence-corrected chi connectivity index (χ1v) is 6.55. The number of benzene rings is 1. The van der Waals surface area contributed by atoms with Crippen molar-refractivity contribution in [3.63, 3.8) is 0 Å². The number of aliphatic hydroxyl groups excluding tert-OH is 1. The van der Waals surface area contributed by atoms with Gasteiger partial charge in [-0.05, 0) is 29.5 Å². The second-order valence-electron chi connectivity index (χ2n) is 4.81. The van der Waals surface area contributed by atoms with Crippen LogP contribution < -0.4 is 0 Å². The van der Waals surface area contributed by atoms with Crippen molar-refractivity contribution < 1.29 is 14.4 Å². The third-order valence-electron chi connectivity index (χ3n) is 3.50. The summed E-state index contributed by atoms with van der Waals surface area (Å²) in [5.41, 5.74) is 1.86. The van der Waals surface area contributed by atoms with Gasteiger partial charge in [-0.25, -0.2) is 0 Å². The van der Waals surface area contributed by atoms with Gasteiger partial charge in [-0.15, -0.1) is 0 Å². The molecule has 1 heterocycles. The number of hydrogen-bond donors (Lipinski definition) is 1. The Kier molecular flexibility index (Phi) is 4.20. The molecule has 0 aliphatic rings. The van der Waals surface area contributed by atoms with E-state index in [0.29, 0.717) is 11.5 Å². The van der Waals surface area contributed by atoms with Gasteiger partial charge < -0.3 is 9.52 Å². The fourth-order valence-electron chi connectivity index (χ4n) is 1.99. The maximum Gasteiger partial charge on any atom is 0.433 e. The summed E-state index contributed by atoms with van der Waals surface area (Å²) in [5, 5.41) is 20.7. The third kappa shape index (κ3) is 2.88. The molecule has 0 amide bonds. The zero-order valence-electron chi connectivity index (χ0n) is 11.4. The van der Waals surface area contributed by atoms with E-state index in [0.717, 1.165) is 6.42 Å². The maximum atomic E-state index is 10.6. The van der Waals surface area contributed by atoms with Gasteiger partial charge in [0.05, 0.1) is 6.07 Å². The molecule has 1 aromatic carbocycles. The van der Waals surface area contributed by atoms with Crippen molar-refractivity contribution in [2.45, 2.75) is 32.3 Å². The van der Waals surface area contributed by atoms with Gasteiger partial charge in [-0.3, -0.25) is 10.1 Å². The molecule has 5 nitrogen and oxygen atoms in total. The minimum atomic E-state index is -0.991. The van der Waals surface area contributed by atoms with E-state index in [9.17, 15) is 15.2 Å². The molecule has 0 saturated carbocycles. The molecule has 2 atom stereocenters. The smallest absolute Gasteiger partial charge is 0.403 e. The van der Waals surface area contributed by atoms with Crippen molar-refractivity contribution in [1.29, 1.82) is 0 Å². The van der Waals surface area contributed by atoms with Gasteiger partial charge in [0.1, 0.15) is 16.8 Å². The number of furan rings is 1.